The molecule has 0 aliphatic heterocycles. The second-order valence-electron chi connectivity index (χ2n) is 6.66. The molecule has 0 atom stereocenters. The van der Waals surface area contributed by atoms with E-state index in [2.05, 4.69) is 10.6 Å². The fraction of sp³-hybridized carbons (Fsp3) is 0.0417. The van der Waals surface area contributed by atoms with Gasteiger partial charge in [-0.05, 0) is 48.5 Å². The van der Waals surface area contributed by atoms with Gasteiger partial charge in [0, 0.05) is 17.3 Å². The predicted octanol–water partition coefficient (Wildman–Crippen LogP) is 4.31. The Hall–Kier alpha value is -4.39. The van der Waals surface area contributed by atoms with E-state index in [0.717, 1.165) is 6.07 Å². The van der Waals surface area contributed by atoms with E-state index in [1.54, 1.807) is 66.7 Å². The van der Waals surface area contributed by atoms with Crippen LogP contribution in [0.3, 0.4) is 0 Å². The van der Waals surface area contributed by atoms with Gasteiger partial charge in [0.15, 0.2) is 11.2 Å². The number of rotatable bonds is 5. The van der Waals surface area contributed by atoms with Crippen LogP contribution in [-0.4, -0.2) is 18.9 Å². The average molecular weight is 414 g/mol. The topological polar surface area (TPSA) is 97.6 Å². The van der Waals surface area contributed by atoms with E-state index < -0.39 is 5.91 Å². The van der Waals surface area contributed by atoms with Crippen molar-refractivity contribution < 1.29 is 18.7 Å². The molecular formula is C24H18N2O5. The second kappa shape index (κ2) is 8.54. The minimum Gasteiger partial charge on any atom is -0.495 e. The van der Waals surface area contributed by atoms with Gasteiger partial charge in [-0.25, -0.2) is 0 Å². The number of hydrogen-bond donors (Lipinski definition) is 2. The summed E-state index contributed by atoms with van der Waals surface area (Å²) in [6, 6.07) is 21.3. The lowest BCUT2D eigenvalue weighted by Crippen LogP contribution is -2.15. The zero-order chi connectivity index (χ0) is 21.8. The quantitative estimate of drug-likeness (QED) is 0.507. The Balaban J connectivity index is 1.48. The number of anilines is 2. The highest BCUT2D eigenvalue weighted by molar-refractivity contribution is 6.06. The van der Waals surface area contributed by atoms with Crippen LogP contribution in [0, 0.1) is 0 Å². The lowest BCUT2D eigenvalue weighted by molar-refractivity contribution is 0.0995. The molecule has 0 unspecified atom stereocenters. The molecule has 31 heavy (non-hydrogen) atoms. The van der Waals surface area contributed by atoms with Gasteiger partial charge in [0.1, 0.15) is 11.3 Å². The molecule has 0 aliphatic carbocycles. The van der Waals surface area contributed by atoms with Crippen LogP contribution < -0.4 is 20.8 Å². The van der Waals surface area contributed by atoms with Gasteiger partial charge in [0.05, 0.1) is 18.2 Å². The lowest BCUT2D eigenvalue weighted by Gasteiger charge is -2.10. The Morgan fingerprint density at radius 3 is 2.32 bits per heavy atom. The first-order chi connectivity index (χ1) is 15.0. The zero-order valence-corrected chi connectivity index (χ0v) is 16.5. The third-order valence-corrected chi connectivity index (χ3v) is 4.62. The maximum Gasteiger partial charge on any atom is 0.291 e. The molecule has 3 aromatic carbocycles. The Labute approximate surface area is 177 Å². The molecule has 7 nitrogen and oxygen atoms in total. The predicted molar refractivity (Wildman–Crippen MR) is 118 cm³/mol. The monoisotopic (exact) mass is 414 g/mol. The van der Waals surface area contributed by atoms with E-state index in [4.69, 9.17) is 9.15 Å². The molecule has 0 saturated carbocycles. The van der Waals surface area contributed by atoms with E-state index in [1.165, 1.54) is 7.11 Å². The smallest absolute Gasteiger partial charge is 0.291 e. The maximum absolute atomic E-state index is 12.5. The number of amides is 2. The molecular weight excluding hydrogens is 396 g/mol. The number of benzene rings is 3. The van der Waals surface area contributed by atoms with Gasteiger partial charge < -0.3 is 19.8 Å². The van der Waals surface area contributed by atoms with Crippen LogP contribution in [0.1, 0.15) is 20.9 Å². The summed E-state index contributed by atoms with van der Waals surface area (Å²) in [5.41, 5.74) is 1.45. The molecule has 154 valence electrons. The van der Waals surface area contributed by atoms with Crippen LogP contribution in [0.4, 0.5) is 11.4 Å². The number of nitrogens with one attached hydrogen (secondary N) is 2. The molecule has 0 aliphatic rings. The van der Waals surface area contributed by atoms with Crippen molar-refractivity contribution in [3.05, 3.63) is 100 Å². The Morgan fingerprint density at radius 2 is 1.55 bits per heavy atom. The SMILES string of the molecule is COc1ccccc1NC(=O)c1ccc(NC(=O)c2cc(=O)c3ccccc3o2)cc1. The first-order valence-corrected chi connectivity index (χ1v) is 9.44. The third kappa shape index (κ3) is 4.30. The minimum atomic E-state index is -0.561. The number of ether oxygens (including phenoxy) is 1. The van der Waals surface area contributed by atoms with Gasteiger partial charge in [-0.1, -0.05) is 24.3 Å². The summed E-state index contributed by atoms with van der Waals surface area (Å²) in [4.78, 5) is 37.2. The van der Waals surface area contributed by atoms with Crippen LogP contribution >= 0.6 is 0 Å². The van der Waals surface area contributed by atoms with Gasteiger partial charge in [-0.15, -0.1) is 0 Å². The molecule has 7 heteroatoms. The van der Waals surface area contributed by atoms with E-state index in [-0.39, 0.29) is 17.1 Å². The first-order valence-electron chi connectivity index (χ1n) is 9.44. The molecule has 0 saturated heterocycles. The molecule has 0 radical (unpaired) electrons. The Morgan fingerprint density at radius 1 is 0.839 bits per heavy atom. The Bertz CT molecular complexity index is 1330. The number of carbonyl (C=O) groups is 2. The minimum absolute atomic E-state index is 0.0957. The molecule has 1 aromatic heterocycles. The van der Waals surface area contributed by atoms with Crippen molar-refractivity contribution in [2.24, 2.45) is 0 Å². The van der Waals surface area contributed by atoms with E-state index in [1.807, 2.05) is 6.07 Å². The number of methoxy groups -OCH3 is 1. The summed E-state index contributed by atoms with van der Waals surface area (Å²) in [5.74, 6) is -0.421. The molecule has 4 aromatic rings. The highest BCUT2D eigenvalue weighted by Gasteiger charge is 2.14. The van der Waals surface area contributed by atoms with Crippen molar-refractivity contribution in [3.63, 3.8) is 0 Å². The van der Waals surface area contributed by atoms with Crippen LogP contribution in [-0.2, 0) is 0 Å². The van der Waals surface area contributed by atoms with E-state index in [0.29, 0.717) is 33.7 Å². The zero-order valence-electron chi connectivity index (χ0n) is 16.5. The molecule has 1 heterocycles. The normalized spacial score (nSPS) is 10.5. The third-order valence-electron chi connectivity index (χ3n) is 4.62. The van der Waals surface area contributed by atoms with Gasteiger partial charge >= 0.3 is 0 Å². The van der Waals surface area contributed by atoms with Crippen molar-refractivity contribution in [3.8, 4) is 5.75 Å². The van der Waals surface area contributed by atoms with Crippen molar-refractivity contribution in [1.29, 1.82) is 0 Å². The summed E-state index contributed by atoms with van der Waals surface area (Å²) in [5, 5.41) is 5.85. The highest BCUT2D eigenvalue weighted by Crippen LogP contribution is 2.24. The number of fused-ring (bicyclic) bond motifs is 1. The van der Waals surface area contributed by atoms with Gasteiger partial charge in [-0.3, -0.25) is 14.4 Å². The molecule has 0 bridgehead atoms. The van der Waals surface area contributed by atoms with Crippen molar-refractivity contribution in [1.82, 2.24) is 0 Å². The average Bonchev–Trinajstić information content (AvgIpc) is 2.80. The summed E-state index contributed by atoms with van der Waals surface area (Å²) in [7, 11) is 1.53. The Kier molecular flexibility index (Phi) is 5.49. The molecule has 2 amide bonds. The fourth-order valence-electron chi connectivity index (χ4n) is 3.06. The molecule has 2 N–H and O–H groups in total. The van der Waals surface area contributed by atoms with E-state index >= 15 is 0 Å². The molecule has 4 rings (SSSR count). The first kappa shape index (κ1) is 19.9. The summed E-state index contributed by atoms with van der Waals surface area (Å²) >= 11 is 0. The van der Waals surface area contributed by atoms with Crippen LogP contribution in [0.5, 0.6) is 5.75 Å². The van der Waals surface area contributed by atoms with E-state index in [9.17, 15) is 14.4 Å². The second-order valence-corrected chi connectivity index (χ2v) is 6.66. The summed E-state index contributed by atoms with van der Waals surface area (Å²) < 4.78 is 10.8. The van der Waals surface area contributed by atoms with Crippen molar-refractivity contribution in [2.75, 3.05) is 17.7 Å². The van der Waals surface area contributed by atoms with Crippen LogP contribution in [0.15, 0.2) is 88.1 Å². The number of hydrogen-bond acceptors (Lipinski definition) is 5. The number of para-hydroxylation sites is 3. The largest absolute Gasteiger partial charge is 0.495 e. The fourth-order valence-corrected chi connectivity index (χ4v) is 3.06. The van der Waals surface area contributed by atoms with Gasteiger partial charge in [0.2, 0.25) is 0 Å². The molecule has 0 spiro atoms. The van der Waals surface area contributed by atoms with Gasteiger partial charge in [-0.2, -0.15) is 0 Å². The van der Waals surface area contributed by atoms with Gasteiger partial charge in [0.25, 0.3) is 11.8 Å². The number of carbonyl (C=O) groups excluding carboxylic acids is 2. The molecule has 0 fully saturated rings. The summed E-state index contributed by atoms with van der Waals surface area (Å²) in [6.07, 6.45) is 0. The highest BCUT2D eigenvalue weighted by atomic mass is 16.5. The van der Waals surface area contributed by atoms with Crippen LogP contribution in [0.2, 0.25) is 0 Å². The lowest BCUT2D eigenvalue weighted by atomic mass is 10.1. The standard InChI is InChI=1S/C24H18N2O5/c1-30-21-9-5-3-7-18(21)26-23(28)15-10-12-16(13-11-15)25-24(29)22-14-19(27)17-6-2-4-8-20(17)31-22/h2-14H,1H3,(H,25,29)(H,26,28). The van der Waals surface area contributed by atoms with Crippen molar-refractivity contribution in [2.45, 2.75) is 0 Å². The van der Waals surface area contributed by atoms with Crippen molar-refractivity contribution >= 4 is 34.2 Å². The maximum atomic E-state index is 12.5. The van der Waals surface area contributed by atoms with Crippen LogP contribution in [0.25, 0.3) is 11.0 Å². The summed E-state index contributed by atoms with van der Waals surface area (Å²) in [6.45, 7) is 0.